The van der Waals surface area contributed by atoms with E-state index in [1.165, 1.54) is 24.3 Å². The van der Waals surface area contributed by atoms with Crippen molar-refractivity contribution in [2.45, 2.75) is 0 Å². The van der Waals surface area contributed by atoms with Gasteiger partial charge in [-0.25, -0.2) is 9.97 Å². The Morgan fingerprint density at radius 2 is 1.47 bits per heavy atom. The molecule has 1 saturated heterocycles. The maximum atomic E-state index is 13.0. The zero-order valence-electron chi connectivity index (χ0n) is 20.5. The number of anilines is 1. The summed E-state index contributed by atoms with van der Waals surface area (Å²) in [5, 5.41) is 11.9. The second kappa shape index (κ2) is 9.78. The lowest BCUT2D eigenvalue weighted by Crippen LogP contribution is -2.49. The third kappa shape index (κ3) is 4.24. The molecular formula is C29H24N6O3. The Kier molecular flexibility index (Phi) is 6.01. The predicted octanol–water partition coefficient (Wildman–Crippen LogP) is 4.96. The molecule has 0 saturated carbocycles. The molecule has 9 heteroatoms. The molecule has 2 aromatic heterocycles. The fraction of sp³-hybridized carbons (Fsp3) is 0.138. The van der Waals surface area contributed by atoms with Crippen LogP contribution in [0.3, 0.4) is 0 Å². The number of carbonyl (C=O) groups excluding carboxylic acids is 1. The highest BCUT2D eigenvalue weighted by Crippen LogP contribution is 2.37. The number of para-hydroxylation sites is 1. The van der Waals surface area contributed by atoms with Crippen molar-refractivity contribution >= 4 is 28.4 Å². The summed E-state index contributed by atoms with van der Waals surface area (Å²) in [6.07, 6.45) is 3.71. The van der Waals surface area contributed by atoms with Crippen LogP contribution < -0.4 is 4.90 Å². The van der Waals surface area contributed by atoms with Gasteiger partial charge in [0, 0.05) is 61.3 Å². The number of amides is 1. The summed E-state index contributed by atoms with van der Waals surface area (Å²) in [5.74, 6) is 0.707. The van der Waals surface area contributed by atoms with Crippen molar-refractivity contribution in [2.75, 3.05) is 31.1 Å². The highest BCUT2D eigenvalue weighted by molar-refractivity contribution is 6.02. The molecule has 0 radical (unpaired) electrons. The number of carbonyl (C=O) groups is 1. The largest absolute Gasteiger partial charge is 0.352 e. The maximum Gasteiger partial charge on any atom is 0.269 e. The van der Waals surface area contributed by atoms with Gasteiger partial charge in [0.05, 0.1) is 10.3 Å². The number of nitro groups is 1. The number of piperazine rings is 1. The van der Waals surface area contributed by atoms with Gasteiger partial charge in [0.2, 0.25) is 0 Å². The van der Waals surface area contributed by atoms with E-state index in [2.05, 4.69) is 44.9 Å². The maximum absolute atomic E-state index is 13.0. The van der Waals surface area contributed by atoms with Gasteiger partial charge in [0.15, 0.2) is 5.65 Å². The van der Waals surface area contributed by atoms with Crippen LogP contribution in [-0.2, 0) is 0 Å². The summed E-state index contributed by atoms with van der Waals surface area (Å²) in [6.45, 7) is 2.24. The number of rotatable bonds is 5. The van der Waals surface area contributed by atoms with Crippen molar-refractivity contribution in [3.8, 4) is 16.8 Å². The number of benzene rings is 3. The molecule has 0 unspecified atom stereocenters. The van der Waals surface area contributed by atoms with Gasteiger partial charge in [-0.05, 0) is 29.8 Å². The lowest BCUT2D eigenvalue weighted by atomic mass is 10.1. The molecular weight excluding hydrogens is 480 g/mol. The fourth-order valence-electron chi connectivity index (χ4n) is 4.94. The first kappa shape index (κ1) is 23.4. The van der Waals surface area contributed by atoms with Gasteiger partial charge < -0.3 is 14.4 Å². The molecule has 188 valence electrons. The summed E-state index contributed by atoms with van der Waals surface area (Å²) in [5.41, 5.74) is 4.38. The lowest BCUT2D eigenvalue weighted by Gasteiger charge is -2.35. The summed E-state index contributed by atoms with van der Waals surface area (Å²) >= 11 is 0. The van der Waals surface area contributed by atoms with Crippen LogP contribution in [0.2, 0.25) is 0 Å². The second-order valence-electron chi connectivity index (χ2n) is 9.09. The molecule has 0 atom stereocenters. The van der Waals surface area contributed by atoms with Gasteiger partial charge in [-0.3, -0.25) is 14.9 Å². The highest BCUT2D eigenvalue weighted by Gasteiger charge is 2.26. The van der Waals surface area contributed by atoms with Crippen molar-refractivity contribution in [1.82, 2.24) is 19.4 Å². The van der Waals surface area contributed by atoms with Crippen molar-refractivity contribution in [3.05, 3.63) is 113 Å². The van der Waals surface area contributed by atoms with E-state index in [0.717, 1.165) is 33.7 Å². The number of non-ortho nitro benzene ring substituents is 1. The molecule has 3 heterocycles. The number of hydrogen-bond donors (Lipinski definition) is 0. The van der Waals surface area contributed by atoms with Gasteiger partial charge in [-0.15, -0.1) is 0 Å². The van der Waals surface area contributed by atoms with Crippen LogP contribution in [0, 0.1) is 10.1 Å². The van der Waals surface area contributed by atoms with Gasteiger partial charge in [0.1, 0.15) is 12.1 Å². The Balaban J connectivity index is 1.32. The highest BCUT2D eigenvalue weighted by atomic mass is 16.6. The summed E-state index contributed by atoms with van der Waals surface area (Å²) < 4.78 is 2.09. The third-order valence-corrected chi connectivity index (χ3v) is 6.87. The number of nitrogens with zero attached hydrogens (tertiary/aromatic N) is 6. The summed E-state index contributed by atoms with van der Waals surface area (Å²) in [4.78, 5) is 36.9. The molecule has 6 rings (SSSR count). The second-order valence-corrected chi connectivity index (χ2v) is 9.09. The molecule has 5 aromatic rings. The zero-order chi connectivity index (χ0) is 26.1. The van der Waals surface area contributed by atoms with Crippen LogP contribution >= 0.6 is 0 Å². The average Bonchev–Trinajstić information content (AvgIpc) is 3.38. The van der Waals surface area contributed by atoms with E-state index in [0.29, 0.717) is 31.7 Å². The van der Waals surface area contributed by atoms with E-state index >= 15 is 0 Å². The lowest BCUT2D eigenvalue weighted by molar-refractivity contribution is -0.384. The molecule has 0 aliphatic carbocycles. The van der Waals surface area contributed by atoms with Crippen molar-refractivity contribution in [1.29, 1.82) is 0 Å². The van der Waals surface area contributed by atoms with E-state index < -0.39 is 4.92 Å². The molecule has 1 aliphatic heterocycles. The third-order valence-electron chi connectivity index (χ3n) is 6.87. The molecule has 38 heavy (non-hydrogen) atoms. The van der Waals surface area contributed by atoms with E-state index in [1.54, 1.807) is 11.2 Å². The monoisotopic (exact) mass is 504 g/mol. The van der Waals surface area contributed by atoms with Gasteiger partial charge in [-0.2, -0.15) is 0 Å². The minimum atomic E-state index is -0.468. The van der Waals surface area contributed by atoms with Crippen LogP contribution in [0.15, 0.2) is 97.5 Å². The van der Waals surface area contributed by atoms with Crippen molar-refractivity contribution < 1.29 is 9.72 Å². The number of hydrogen-bond acceptors (Lipinski definition) is 6. The number of aromatic nitrogens is 3. The minimum Gasteiger partial charge on any atom is -0.352 e. The van der Waals surface area contributed by atoms with Crippen LogP contribution in [0.5, 0.6) is 0 Å². The molecule has 0 N–H and O–H groups in total. The Morgan fingerprint density at radius 3 is 2.13 bits per heavy atom. The summed E-state index contributed by atoms with van der Waals surface area (Å²) in [6, 6.07) is 26.1. The van der Waals surface area contributed by atoms with Gasteiger partial charge in [-0.1, -0.05) is 48.5 Å². The van der Waals surface area contributed by atoms with E-state index in [-0.39, 0.29) is 11.6 Å². The Bertz CT molecular complexity index is 1610. The molecule has 1 amide bonds. The first-order chi connectivity index (χ1) is 18.6. The Labute approximate surface area is 218 Å². The Hall–Kier alpha value is -5.05. The van der Waals surface area contributed by atoms with Crippen LogP contribution in [0.1, 0.15) is 10.4 Å². The smallest absolute Gasteiger partial charge is 0.269 e. The number of fused-ring (bicyclic) bond motifs is 1. The van der Waals surface area contributed by atoms with Gasteiger partial charge in [0.25, 0.3) is 11.6 Å². The molecule has 3 aromatic carbocycles. The molecule has 1 fully saturated rings. The molecule has 0 spiro atoms. The topological polar surface area (TPSA) is 97.4 Å². The standard InChI is InChI=1S/C29H24N6O3/c36-29(22-11-13-24(14-12-22)35(37)38)33-17-15-32(16-18-33)27-26-25(21-7-3-1-4-8-21)19-34(28(26)31-20-30-27)23-9-5-2-6-10-23/h1-14,19-20H,15-18H2. The normalized spacial score (nSPS) is 13.6. The van der Waals surface area contributed by atoms with Crippen LogP contribution in [-0.4, -0.2) is 56.4 Å². The molecule has 9 nitrogen and oxygen atoms in total. The molecule has 1 aliphatic rings. The first-order valence-corrected chi connectivity index (χ1v) is 12.4. The minimum absolute atomic E-state index is 0.0317. The van der Waals surface area contributed by atoms with Crippen LogP contribution in [0.4, 0.5) is 11.5 Å². The predicted molar refractivity (Wildman–Crippen MR) is 146 cm³/mol. The van der Waals surface area contributed by atoms with Crippen molar-refractivity contribution in [2.24, 2.45) is 0 Å². The first-order valence-electron chi connectivity index (χ1n) is 12.4. The van der Waals surface area contributed by atoms with Gasteiger partial charge >= 0.3 is 0 Å². The van der Waals surface area contributed by atoms with E-state index in [1.807, 2.05) is 36.4 Å². The van der Waals surface area contributed by atoms with E-state index in [4.69, 9.17) is 4.98 Å². The van der Waals surface area contributed by atoms with E-state index in [9.17, 15) is 14.9 Å². The fourth-order valence-corrected chi connectivity index (χ4v) is 4.94. The quantitative estimate of drug-likeness (QED) is 0.248. The zero-order valence-corrected chi connectivity index (χ0v) is 20.5. The SMILES string of the molecule is O=C(c1ccc([N+](=O)[O-])cc1)N1CCN(c2ncnc3c2c(-c2ccccc2)cn3-c2ccccc2)CC1. The van der Waals surface area contributed by atoms with Crippen molar-refractivity contribution in [3.63, 3.8) is 0 Å². The average molecular weight is 505 g/mol. The summed E-state index contributed by atoms with van der Waals surface area (Å²) in [7, 11) is 0. The molecule has 0 bridgehead atoms. The Morgan fingerprint density at radius 1 is 0.816 bits per heavy atom. The van der Waals surface area contributed by atoms with Crippen LogP contribution in [0.25, 0.3) is 27.8 Å². The number of nitro benzene ring substituents is 1.